The van der Waals surface area contributed by atoms with Gasteiger partial charge in [-0.1, -0.05) is 146 Å². The van der Waals surface area contributed by atoms with Gasteiger partial charge in [0.15, 0.2) is 0 Å². The number of hydrogen-bond donors (Lipinski definition) is 0. The van der Waals surface area contributed by atoms with Crippen LogP contribution in [0.4, 0.5) is 0 Å². The van der Waals surface area contributed by atoms with Gasteiger partial charge in [-0.3, -0.25) is 0 Å². The number of para-hydroxylation sites is 2. The van der Waals surface area contributed by atoms with Gasteiger partial charge < -0.3 is 9.13 Å². The van der Waals surface area contributed by atoms with Crippen molar-refractivity contribution in [2.24, 2.45) is 0 Å². The van der Waals surface area contributed by atoms with Gasteiger partial charge in [0.2, 0.25) is 0 Å². The van der Waals surface area contributed by atoms with Crippen LogP contribution in [0.25, 0.3) is 93.9 Å². The number of rotatable bonds is 4. The summed E-state index contributed by atoms with van der Waals surface area (Å²) in [5, 5.41) is 5.06. The van der Waals surface area contributed by atoms with Crippen molar-refractivity contribution in [1.29, 1.82) is 0 Å². The van der Waals surface area contributed by atoms with Crippen molar-refractivity contribution in [3.63, 3.8) is 0 Å². The third-order valence-electron chi connectivity index (χ3n) is 12.3. The highest BCUT2D eigenvalue weighted by atomic mass is 15.0. The first-order valence-corrected chi connectivity index (χ1v) is 19.6. The number of benzene rings is 8. The van der Waals surface area contributed by atoms with Gasteiger partial charge in [-0.15, -0.1) is 0 Å². The molecule has 0 spiro atoms. The van der Waals surface area contributed by atoms with Gasteiger partial charge in [0.1, 0.15) is 0 Å². The molecule has 2 aliphatic rings. The Kier molecular flexibility index (Phi) is 6.79. The van der Waals surface area contributed by atoms with Crippen molar-refractivity contribution < 1.29 is 0 Å². The number of allylic oxidation sites excluding steroid dienone is 4. The molecule has 56 heavy (non-hydrogen) atoms. The first kappa shape index (κ1) is 31.2. The van der Waals surface area contributed by atoms with E-state index in [0.29, 0.717) is 5.92 Å². The van der Waals surface area contributed by atoms with Crippen LogP contribution in [0.5, 0.6) is 0 Å². The first-order chi connectivity index (χ1) is 27.8. The normalized spacial score (nSPS) is 14.6. The first-order valence-electron chi connectivity index (χ1n) is 19.6. The number of hydrogen-bond acceptors (Lipinski definition) is 0. The summed E-state index contributed by atoms with van der Waals surface area (Å²) >= 11 is 0. The third kappa shape index (κ3) is 4.63. The predicted octanol–water partition coefficient (Wildman–Crippen LogP) is 14.3. The molecule has 1 atom stereocenters. The zero-order valence-corrected chi connectivity index (χ0v) is 30.7. The molecule has 2 heteroatoms. The fraction of sp³-hybridized carbons (Fsp3) is 0.0370. The Morgan fingerprint density at radius 3 is 1.79 bits per heavy atom. The second kappa shape index (κ2) is 12.2. The molecule has 8 aromatic carbocycles. The van der Waals surface area contributed by atoms with E-state index < -0.39 is 0 Å². The van der Waals surface area contributed by atoms with Crippen molar-refractivity contribution in [2.75, 3.05) is 0 Å². The molecule has 0 radical (unpaired) electrons. The van der Waals surface area contributed by atoms with E-state index >= 15 is 0 Å². The van der Waals surface area contributed by atoms with Crippen LogP contribution in [0.2, 0.25) is 0 Å². The zero-order chi connectivity index (χ0) is 36.7. The van der Waals surface area contributed by atoms with E-state index in [4.69, 9.17) is 0 Å². The summed E-state index contributed by atoms with van der Waals surface area (Å²) in [5.74, 6) is 0.351. The molecule has 2 aliphatic carbocycles. The molecule has 1 unspecified atom stereocenters. The van der Waals surface area contributed by atoms with Gasteiger partial charge in [0.05, 0.1) is 22.1 Å². The topological polar surface area (TPSA) is 9.86 Å². The predicted molar refractivity (Wildman–Crippen MR) is 236 cm³/mol. The van der Waals surface area contributed by atoms with Crippen molar-refractivity contribution in [2.45, 2.75) is 12.3 Å². The summed E-state index contributed by atoms with van der Waals surface area (Å²) in [5.41, 5.74) is 19.0. The second-order valence-electron chi connectivity index (χ2n) is 15.2. The van der Waals surface area contributed by atoms with E-state index in [2.05, 4.69) is 209 Å². The number of fused-ring (bicyclic) bond motifs is 12. The summed E-state index contributed by atoms with van der Waals surface area (Å²) in [6.45, 7) is 0. The maximum atomic E-state index is 2.49. The molecule has 12 rings (SSSR count). The smallest absolute Gasteiger partial charge is 0.0547 e. The molecule has 0 saturated heterocycles. The van der Waals surface area contributed by atoms with Gasteiger partial charge in [-0.25, -0.2) is 0 Å². The van der Waals surface area contributed by atoms with Crippen LogP contribution in [0.15, 0.2) is 200 Å². The van der Waals surface area contributed by atoms with Gasteiger partial charge in [0, 0.05) is 38.8 Å². The summed E-state index contributed by atoms with van der Waals surface area (Å²) in [6, 6.07) is 67.3. The molecule has 0 aliphatic heterocycles. The van der Waals surface area contributed by atoms with Crippen molar-refractivity contribution in [3.05, 3.63) is 211 Å². The average molecular weight is 713 g/mol. The minimum atomic E-state index is 0.351. The monoisotopic (exact) mass is 712 g/mol. The Balaban J connectivity index is 1.01. The van der Waals surface area contributed by atoms with Crippen molar-refractivity contribution in [1.82, 2.24) is 9.13 Å². The molecule has 2 aromatic heterocycles. The molecule has 0 N–H and O–H groups in total. The second-order valence-corrected chi connectivity index (χ2v) is 15.2. The molecular formula is C54H36N2. The van der Waals surface area contributed by atoms with E-state index in [9.17, 15) is 0 Å². The van der Waals surface area contributed by atoms with Gasteiger partial charge in [0.25, 0.3) is 0 Å². The van der Waals surface area contributed by atoms with Crippen molar-refractivity contribution >= 4 is 49.2 Å². The lowest BCUT2D eigenvalue weighted by Gasteiger charge is -2.32. The Bertz CT molecular complexity index is 3260. The molecule has 0 saturated carbocycles. The lowest BCUT2D eigenvalue weighted by molar-refractivity contribution is 0.866. The standard InChI is InChI=1S/C54H36N2/c1-2-12-35(13-3-1)36-22-26-39(27-23-36)55-52-21-11-9-19-47(52)50-32-37(25-31-53(50)55)38-24-29-48-46-18-8-10-20-51(46)56(54(48)33-38)40-28-30-45-43-16-5-4-14-41(43)42-15-6-7-17-44(42)49(45)34-40/h1-16,18-34,44H,17H2. The van der Waals surface area contributed by atoms with Gasteiger partial charge >= 0.3 is 0 Å². The maximum Gasteiger partial charge on any atom is 0.0547 e. The Morgan fingerprint density at radius 2 is 0.964 bits per heavy atom. The summed E-state index contributed by atoms with van der Waals surface area (Å²) in [4.78, 5) is 0. The highest BCUT2D eigenvalue weighted by molar-refractivity contribution is 6.12. The van der Waals surface area contributed by atoms with Crippen molar-refractivity contribution in [3.8, 4) is 44.8 Å². The van der Waals surface area contributed by atoms with Crippen LogP contribution in [-0.2, 0) is 0 Å². The van der Waals surface area contributed by atoms with Crippen LogP contribution < -0.4 is 0 Å². The highest BCUT2D eigenvalue weighted by Gasteiger charge is 2.30. The SMILES string of the molecule is C1=CCC2C(=C1)c1ccccc1-c1ccc(-n3c4ccccc4c4ccc(-c5ccc6c(c5)c5ccccc5n6-c5ccc(-c6ccccc6)cc5)cc43)cc12. The molecule has 0 amide bonds. The van der Waals surface area contributed by atoms with E-state index in [0.717, 1.165) is 12.1 Å². The third-order valence-corrected chi connectivity index (χ3v) is 12.3. The summed E-state index contributed by atoms with van der Waals surface area (Å²) < 4.78 is 4.89. The largest absolute Gasteiger partial charge is 0.309 e. The molecule has 0 fully saturated rings. The lowest BCUT2D eigenvalue weighted by atomic mass is 9.72. The fourth-order valence-electron chi connectivity index (χ4n) is 9.69. The van der Waals surface area contributed by atoms with Gasteiger partial charge in [-0.05, 0) is 111 Å². The fourth-order valence-corrected chi connectivity index (χ4v) is 9.69. The van der Waals surface area contributed by atoms with E-state index in [1.54, 1.807) is 0 Å². The molecule has 2 nitrogen and oxygen atoms in total. The quantitative estimate of drug-likeness (QED) is 0.172. The van der Waals surface area contributed by atoms with E-state index in [1.165, 1.54) is 99.4 Å². The van der Waals surface area contributed by atoms with Gasteiger partial charge in [-0.2, -0.15) is 0 Å². The van der Waals surface area contributed by atoms with E-state index in [-0.39, 0.29) is 0 Å². The van der Waals surface area contributed by atoms with E-state index in [1.807, 2.05) is 0 Å². The minimum Gasteiger partial charge on any atom is -0.309 e. The van der Waals surface area contributed by atoms with Crippen LogP contribution in [0, 0.1) is 0 Å². The molecule has 2 heterocycles. The molecular weight excluding hydrogens is 677 g/mol. The Morgan fingerprint density at radius 1 is 0.375 bits per heavy atom. The molecule has 0 bridgehead atoms. The van der Waals surface area contributed by atoms with Crippen LogP contribution in [0.1, 0.15) is 23.5 Å². The summed E-state index contributed by atoms with van der Waals surface area (Å²) in [6.07, 6.45) is 7.89. The Labute approximate surface area is 325 Å². The molecule has 10 aromatic rings. The maximum absolute atomic E-state index is 2.49. The lowest BCUT2D eigenvalue weighted by Crippen LogP contribution is -2.12. The minimum absolute atomic E-state index is 0.351. The van der Waals surface area contributed by atoms with Crippen LogP contribution in [-0.4, -0.2) is 9.13 Å². The zero-order valence-electron chi connectivity index (χ0n) is 30.7. The highest BCUT2D eigenvalue weighted by Crippen LogP contribution is 2.50. The van der Waals surface area contributed by atoms with Crippen LogP contribution >= 0.6 is 0 Å². The average Bonchev–Trinajstić information content (AvgIpc) is 3.79. The number of nitrogens with zero attached hydrogens (tertiary/aromatic N) is 2. The Hall–Kier alpha value is -7.16. The van der Waals surface area contributed by atoms with Crippen LogP contribution in [0.3, 0.4) is 0 Å². The summed E-state index contributed by atoms with van der Waals surface area (Å²) in [7, 11) is 0. The molecule has 262 valence electrons. The number of aromatic nitrogens is 2.